The van der Waals surface area contributed by atoms with Gasteiger partial charge in [-0.1, -0.05) is 12.1 Å². The van der Waals surface area contributed by atoms with E-state index in [0.717, 1.165) is 42.3 Å². The van der Waals surface area contributed by atoms with Gasteiger partial charge in [-0.3, -0.25) is 4.98 Å². The van der Waals surface area contributed by atoms with Gasteiger partial charge in [0.2, 0.25) is 0 Å². The molecule has 1 amide bonds. The van der Waals surface area contributed by atoms with E-state index >= 15 is 0 Å². The molecule has 1 N–H and O–H groups in total. The summed E-state index contributed by atoms with van der Waals surface area (Å²) in [6.45, 7) is 3.20. The number of pyridine rings is 1. The van der Waals surface area contributed by atoms with Crippen molar-refractivity contribution < 1.29 is 14.6 Å². The van der Waals surface area contributed by atoms with Crippen molar-refractivity contribution in [1.29, 1.82) is 0 Å². The molecule has 1 saturated heterocycles. The lowest BCUT2D eigenvalue weighted by Crippen LogP contribution is -2.50. The molecule has 1 spiro atoms. The highest BCUT2D eigenvalue weighted by Crippen LogP contribution is 2.41. The summed E-state index contributed by atoms with van der Waals surface area (Å²) in [5.41, 5.74) is 5.63. The number of aromatic nitrogens is 1. The Morgan fingerprint density at radius 3 is 2.72 bits per heavy atom. The molecule has 5 rings (SSSR count). The van der Waals surface area contributed by atoms with E-state index in [2.05, 4.69) is 48.3 Å². The van der Waals surface area contributed by atoms with Gasteiger partial charge >= 0.3 is 6.09 Å². The van der Waals surface area contributed by atoms with Crippen LogP contribution in [0.25, 0.3) is 22.0 Å². The molecule has 5 nitrogen and oxygen atoms in total. The van der Waals surface area contributed by atoms with Crippen molar-refractivity contribution >= 4 is 17.0 Å². The first-order valence-electron chi connectivity index (χ1n) is 10.2. The molecule has 0 aliphatic carbocycles. The highest BCUT2D eigenvalue weighted by molar-refractivity contribution is 5.87. The van der Waals surface area contributed by atoms with Crippen molar-refractivity contribution in [2.75, 3.05) is 13.1 Å². The molecule has 5 heteroatoms. The molecular weight excluding hydrogens is 364 g/mol. The summed E-state index contributed by atoms with van der Waals surface area (Å²) >= 11 is 0. The summed E-state index contributed by atoms with van der Waals surface area (Å²) in [6.07, 6.45) is 4.43. The summed E-state index contributed by atoms with van der Waals surface area (Å²) in [4.78, 5) is 17.2. The number of rotatable bonds is 1. The lowest BCUT2D eigenvalue weighted by Gasteiger charge is -2.44. The van der Waals surface area contributed by atoms with E-state index in [1.165, 1.54) is 27.2 Å². The molecule has 29 heavy (non-hydrogen) atoms. The molecular formula is C24H24N2O3. The Kier molecular flexibility index (Phi) is 4.19. The third-order valence-electron chi connectivity index (χ3n) is 6.41. The number of amides is 1. The van der Waals surface area contributed by atoms with Crippen LogP contribution in [0.3, 0.4) is 0 Å². The van der Waals surface area contributed by atoms with Crippen molar-refractivity contribution in [3.8, 4) is 16.9 Å². The fraction of sp³-hybridized carbons (Fsp3) is 0.333. The van der Waals surface area contributed by atoms with Crippen molar-refractivity contribution in [3.63, 3.8) is 0 Å². The quantitative estimate of drug-likeness (QED) is 0.634. The molecule has 0 unspecified atom stereocenters. The van der Waals surface area contributed by atoms with E-state index in [4.69, 9.17) is 4.74 Å². The zero-order chi connectivity index (χ0) is 20.0. The largest absolute Gasteiger partial charge is 0.487 e. The van der Waals surface area contributed by atoms with Gasteiger partial charge in [-0.2, -0.15) is 0 Å². The molecule has 2 aliphatic heterocycles. The SMILES string of the molecule is Cc1cc(-c2ccc3c(c2)CCC2(CCN(C(=O)O)CC2)O3)cc2cccnc12. The Balaban J connectivity index is 1.42. The normalized spacial score (nSPS) is 17.8. The van der Waals surface area contributed by atoms with E-state index in [1.807, 2.05) is 12.3 Å². The average molecular weight is 388 g/mol. The number of ether oxygens (including phenoxy) is 1. The van der Waals surface area contributed by atoms with Crippen molar-refractivity contribution in [2.24, 2.45) is 0 Å². The predicted octanol–water partition coefficient (Wildman–Crippen LogP) is 5.05. The number of aryl methyl sites for hydroxylation is 2. The molecule has 1 fully saturated rings. The summed E-state index contributed by atoms with van der Waals surface area (Å²) in [5.74, 6) is 0.947. The predicted molar refractivity (Wildman–Crippen MR) is 112 cm³/mol. The maximum atomic E-state index is 11.2. The molecule has 2 aliphatic rings. The number of hydrogen-bond donors (Lipinski definition) is 1. The van der Waals surface area contributed by atoms with Crippen molar-refractivity contribution in [2.45, 2.75) is 38.2 Å². The number of carbonyl (C=O) groups is 1. The smallest absolute Gasteiger partial charge is 0.407 e. The Morgan fingerprint density at radius 2 is 1.93 bits per heavy atom. The van der Waals surface area contributed by atoms with Crippen LogP contribution in [0.1, 0.15) is 30.4 Å². The topological polar surface area (TPSA) is 62.7 Å². The maximum Gasteiger partial charge on any atom is 0.407 e. The van der Waals surface area contributed by atoms with E-state index in [9.17, 15) is 9.90 Å². The molecule has 2 aromatic carbocycles. The summed E-state index contributed by atoms with van der Waals surface area (Å²) < 4.78 is 6.44. The standard InChI is InChI=1S/C24H24N2O3/c1-16-13-20(15-19-3-2-10-25-22(16)19)17-4-5-21-18(14-17)6-7-24(29-21)8-11-26(12-9-24)23(27)28/h2-5,10,13-15H,6-9,11-12H2,1H3,(H,27,28). The molecule has 1 aromatic heterocycles. The highest BCUT2D eigenvalue weighted by atomic mass is 16.5. The van der Waals surface area contributed by atoms with Gasteiger partial charge in [-0.05, 0) is 72.4 Å². The molecule has 0 atom stereocenters. The molecule has 3 aromatic rings. The van der Waals surface area contributed by atoms with Gasteiger partial charge < -0.3 is 14.7 Å². The van der Waals surface area contributed by atoms with Gasteiger partial charge in [0, 0.05) is 37.5 Å². The van der Waals surface area contributed by atoms with Crippen LogP contribution in [0.2, 0.25) is 0 Å². The van der Waals surface area contributed by atoms with Gasteiger partial charge in [0.1, 0.15) is 11.4 Å². The number of fused-ring (bicyclic) bond motifs is 2. The Bertz CT molecular complexity index is 1100. The van der Waals surface area contributed by atoms with Gasteiger partial charge in [-0.15, -0.1) is 0 Å². The second-order valence-electron chi connectivity index (χ2n) is 8.25. The number of likely N-dealkylation sites (tertiary alicyclic amines) is 1. The fourth-order valence-electron chi connectivity index (χ4n) is 4.70. The number of benzene rings is 2. The average Bonchev–Trinajstić information content (AvgIpc) is 2.74. The fourth-order valence-corrected chi connectivity index (χ4v) is 4.70. The summed E-state index contributed by atoms with van der Waals surface area (Å²) in [7, 11) is 0. The van der Waals surface area contributed by atoms with Gasteiger partial charge in [0.25, 0.3) is 0 Å². The molecule has 0 saturated carbocycles. The van der Waals surface area contributed by atoms with Crippen LogP contribution in [0.5, 0.6) is 5.75 Å². The van der Waals surface area contributed by atoms with Crippen LogP contribution in [-0.2, 0) is 6.42 Å². The van der Waals surface area contributed by atoms with Crippen molar-refractivity contribution in [1.82, 2.24) is 9.88 Å². The Morgan fingerprint density at radius 1 is 1.10 bits per heavy atom. The zero-order valence-electron chi connectivity index (χ0n) is 16.5. The molecule has 0 bridgehead atoms. The van der Waals surface area contributed by atoms with E-state index in [0.29, 0.717) is 13.1 Å². The van der Waals surface area contributed by atoms with Crippen LogP contribution in [0, 0.1) is 6.92 Å². The third-order valence-corrected chi connectivity index (χ3v) is 6.41. The maximum absolute atomic E-state index is 11.2. The molecule has 0 radical (unpaired) electrons. The van der Waals surface area contributed by atoms with Crippen LogP contribution >= 0.6 is 0 Å². The monoisotopic (exact) mass is 388 g/mol. The van der Waals surface area contributed by atoms with E-state index in [1.54, 1.807) is 0 Å². The molecule has 3 heterocycles. The van der Waals surface area contributed by atoms with Crippen LogP contribution in [-0.4, -0.2) is 39.8 Å². The number of hydrogen-bond acceptors (Lipinski definition) is 3. The summed E-state index contributed by atoms with van der Waals surface area (Å²) in [5, 5.41) is 10.3. The molecule has 148 valence electrons. The van der Waals surface area contributed by atoms with Gasteiger partial charge in [0.15, 0.2) is 0 Å². The van der Waals surface area contributed by atoms with Crippen LogP contribution in [0.4, 0.5) is 4.79 Å². The first kappa shape index (κ1) is 18.0. The minimum Gasteiger partial charge on any atom is -0.487 e. The second-order valence-corrected chi connectivity index (χ2v) is 8.25. The Hall–Kier alpha value is -3.08. The zero-order valence-corrected chi connectivity index (χ0v) is 16.5. The number of nitrogens with zero attached hydrogens (tertiary/aromatic N) is 2. The van der Waals surface area contributed by atoms with Crippen LogP contribution in [0.15, 0.2) is 48.7 Å². The highest BCUT2D eigenvalue weighted by Gasteiger charge is 2.40. The Labute approximate surface area is 169 Å². The summed E-state index contributed by atoms with van der Waals surface area (Å²) in [6, 6.07) is 14.9. The minimum absolute atomic E-state index is 0.217. The van der Waals surface area contributed by atoms with E-state index in [-0.39, 0.29) is 5.60 Å². The second kappa shape index (κ2) is 6.76. The van der Waals surface area contributed by atoms with Gasteiger partial charge in [0.05, 0.1) is 5.52 Å². The minimum atomic E-state index is -0.832. The first-order chi connectivity index (χ1) is 14.0. The van der Waals surface area contributed by atoms with Crippen LogP contribution < -0.4 is 4.74 Å². The van der Waals surface area contributed by atoms with Crippen molar-refractivity contribution in [3.05, 3.63) is 59.8 Å². The third kappa shape index (κ3) is 3.20. The van der Waals surface area contributed by atoms with E-state index < -0.39 is 6.09 Å². The lowest BCUT2D eigenvalue weighted by atomic mass is 9.82. The number of carboxylic acid groups (broad SMARTS) is 1. The number of piperidine rings is 1. The first-order valence-corrected chi connectivity index (χ1v) is 10.2. The van der Waals surface area contributed by atoms with Gasteiger partial charge in [-0.25, -0.2) is 4.79 Å². The lowest BCUT2D eigenvalue weighted by molar-refractivity contribution is -0.0103.